The first-order valence-corrected chi connectivity index (χ1v) is 8.46. The zero-order valence-corrected chi connectivity index (χ0v) is 14.6. The van der Waals surface area contributed by atoms with Crippen LogP contribution in [0, 0.1) is 0 Å². The largest absolute Gasteiger partial charge is 0.491 e. The average Bonchev–Trinajstić information content (AvgIpc) is 2.60. The van der Waals surface area contributed by atoms with Crippen LogP contribution < -0.4 is 15.4 Å². The Hall–Kier alpha value is -2.40. The van der Waals surface area contributed by atoms with E-state index in [0.717, 1.165) is 24.3 Å². The second-order valence-electron chi connectivity index (χ2n) is 5.29. The van der Waals surface area contributed by atoms with Crippen molar-refractivity contribution in [2.45, 2.75) is 26.2 Å². The van der Waals surface area contributed by atoms with E-state index < -0.39 is 0 Å². The van der Waals surface area contributed by atoms with Crippen LogP contribution in [0.1, 0.15) is 25.3 Å². The van der Waals surface area contributed by atoms with E-state index in [1.807, 2.05) is 42.5 Å². The molecule has 126 valence electrons. The van der Waals surface area contributed by atoms with Gasteiger partial charge in [-0.2, -0.15) is 0 Å². The van der Waals surface area contributed by atoms with Crippen molar-refractivity contribution in [2.75, 3.05) is 11.9 Å². The molecule has 0 aromatic heterocycles. The summed E-state index contributed by atoms with van der Waals surface area (Å²) in [6.45, 7) is 2.39. The van der Waals surface area contributed by atoms with E-state index in [0.29, 0.717) is 13.0 Å². The van der Waals surface area contributed by atoms with Crippen molar-refractivity contribution >= 4 is 28.9 Å². The van der Waals surface area contributed by atoms with E-state index in [1.54, 1.807) is 6.92 Å². The van der Waals surface area contributed by atoms with Crippen LogP contribution in [0.5, 0.6) is 5.75 Å². The van der Waals surface area contributed by atoms with Crippen molar-refractivity contribution in [3.63, 3.8) is 0 Å². The number of hydrogen-bond acceptors (Lipinski definition) is 3. The van der Waals surface area contributed by atoms with Crippen molar-refractivity contribution in [3.05, 3.63) is 60.2 Å². The van der Waals surface area contributed by atoms with Crippen LogP contribution in [0.4, 0.5) is 5.69 Å². The summed E-state index contributed by atoms with van der Waals surface area (Å²) in [5, 5.41) is 5.91. The average molecular weight is 342 g/mol. The normalized spacial score (nSPS) is 10.0. The molecule has 2 aromatic rings. The molecular weight excluding hydrogens is 320 g/mol. The molecule has 0 aliphatic rings. The monoisotopic (exact) mass is 342 g/mol. The van der Waals surface area contributed by atoms with Gasteiger partial charge in [0.15, 0.2) is 5.11 Å². The minimum Gasteiger partial charge on any atom is -0.491 e. The zero-order chi connectivity index (χ0) is 17.2. The third kappa shape index (κ3) is 6.01. The van der Waals surface area contributed by atoms with Crippen molar-refractivity contribution < 1.29 is 9.53 Å². The van der Waals surface area contributed by atoms with Gasteiger partial charge in [-0.1, -0.05) is 49.4 Å². The van der Waals surface area contributed by atoms with Crippen molar-refractivity contribution in [1.29, 1.82) is 0 Å². The molecule has 0 saturated heterocycles. The summed E-state index contributed by atoms with van der Waals surface area (Å²) < 4.78 is 5.86. The highest BCUT2D eigenvalue weighted by Crippen LogP contribution is 2.24. The molecule has 0 aliphatic carbocycles. The molecule has 5 heteroatoms. The minimum atomic E-state index is -0.117. The van der Waals surface area contributed by atoms with E-state index in [-0.39, 0.29) is 11.0 Å². The van der Waals surface area contributed by atoms with Gasteiger partial charge in [-0.3, -0.25) is 4.79 Å². The number of rotatable bonds is 7. The lowest BCUT2D eigenvalue weighted by atomic mass is 10.1. The molecule has 2 aromatic carbocycles. The Balaban J connectivity index is 1.84. The summed E-state index contributed by atoms with van der Waals surface area (Å²) in [6.07, 6.45) is 2.29. The Kier molecular flexibility index (Phi) is 7.23. The third-order valence-electron chi connectivity index (χ3n) is 3.42. The summed E-state index contributed by atoms with van der Waals surface area (Å²) in [5.41, 5.74) is 2.05. The third-order valence-corrected chi connectivity index (χ3v) is 3.62. The standard InChI is InChI=1S/C19H22N2O2S/c1-2-18(22)21-19(24)20-16-12-6-7-13-17(16)23-14-8-11-15-9-4-3-5-10-15/h3-7,9-10,12-13H,2,8,11,14H2,1H3,(H2,20,21,22,24). The Morgan fingerprint density at radius 3 is 2.54 bits per heavy atom. The molecule has 0 unspecified atom stereocenters. The maximum absolute atomic E-state index is 11.4. The highest BCUT2D eigenvalue weighted by atomic mass is 32.1. The van der Waals surface area contributed by atoms with E-state index in [1.165, 1.54) is 5.56 Å². The van der Waals surface area contributed by atoms with Gasteiger partial charge in [0.25, 0.3) is 0 Å². The summed E-state index contributed by atoms with van der Waals surface area (Å²) in [7, 11) is 0. The molecule has 2 N–H and O–H groups in total. The van der Waals surface area contributed by atoms with Crippen LogP contribution >= 0.6 is 12.2 Å². The maximum Gasteiger partial charge on any atom is 0.225 e. The van der Waals surface area contributed by atoms with Crippen LogP contribution in [-0.2, 0) is 11.2 Å². The van der Waals surface area contributed by atoms with E-state index in [4.69, 9.17) is 17.0 Å². The van der Waals surface area contributed by atoms with Gasteiger partial charge in [-0.05, 0) is 42.8 Å². The van der Waals surface area contributed by atoms with Crippen LogP contribution in [0.2, 0.25) is 0 Å². The topological polar surface area (TPSA) is 50.4 Å². The number of hydrogen-bond donors (Lipinski definition) is 2. The molecular formula is C19H22N2O2S. The molecule has 0 saturated carbocycles. The van der Waals surface area contributed by atoms with Gasteiger partial charge >= 0.3 is 0 Å². The van der Waals surface area contributed by atoms with Crippen LogP contribution in [0.3, 0.4) is 0 Å². The number of ether oxygens (including phenoxy) is 1. The quantitative estimate of drug-likeness (QED) is 0.591. The first-order valence-electron chi connectivity index (χ1n) is 8.05. The predicted molar refractivity (Wildman–Crippen MR) is 101 cm³/mol. The smallest absolute Gasteiger partial charge is 0.225 e. The zero-order valence-electron chi connectivity index (χ0n) is 13.7. The second kappa shape index (κ2) is 9.67. The number of nitrogens with one attached hydrogen (secondary N) is 2. The van der Waals surface area contributed by atoms with Crippen molar-refractivity contribution in [2.24, 2.45) is 0 Å². The van der Waals surface area contributed by atoms with E-state index in [9.17, 15) is 4.79 Å². The Morgan fingerprint density at radius 2 is 1.79 bits per heavy atom. The van der Waals surface area contributed by atoms with Gasteiger partial charge in [0.2, 0.25) is 5.91 Å². The number of amides is 1. The van der Waals surface area contributed by atoms with Crippen molar-refractivity contribution in [3.8, 4) is 5.75 Å². The Labute approximate surface area is 148 Å². The molecule has 0 atom stereocenters. The Morgan fingerprint density at radius 1 is 1.08 bits per heavy atom. The fraction of sp³-hybridized carbons (Fsp3) is 0.263. The number of aryl methyl sites for hydroxylation is 1. The summed E-state index contributed by atoms with van der Waals surface area (Å²) in [5.74, 6) is 0.604. The van der Waals surface area contributed by atoms with E-state index in [2.05, 4.69) is 22.8 Å². The molecule has 1 amide bonds. The first-order chi connectivity index (χ1) is 11.7. The number of carbonyl (C=O) groups is 1. The highest BCUT2D eigenvalue weighted by Gasteiger charge is 2.07. The van der Waals surface area contributed by atoms with E-state index >= 15 is 0 Å². The van der Waals surface area contributed by atoms with Crippen LogP contribution in [-0.4, -0.2) is 17.6 Å². The molecule has 2 rings (SSSR count). The van der Waals surface area contributed by atoms with Crippen molar-refractivity contribution in [1.82, 2.24) is 5.32 Å². The summed E-state index contributed by atoms with van der Waals surface area (Å²) in [6, 6.07) is 17.9. The number of benzene rings is 2. The molecule has 0 bridgehead atoms. The second-order valence-corrected chi connectivity index (χ2v) is 5.70. The number of thiocarbonyl (C=S) groups is 1. The minimum absolute atomic E-state index is 0.117. The summed E-state index contributed by atoms with van der Waals surface area (Å²) >= 11 is 5.14. The highest BCUT2D eigenvalue weighted by molar-refractivity contribution is 7.80. The lowest BCUT2D eigenvalue weighted by Gasteiger charge is -2.14. The molecule has 24 heavy (non-hydrogen) atoms. The number of anilines is 1. The van der Waals surface area contributed by atoms with Gasteiger partial charge in [-0.15, -0.1) is 0 Å². The Bertz CT molecular complexity index is 674. The molecule has 0 fully saturated rings. The first kappa shape index (κ1) is 17.9. The molecule has 0 spiro atoms. The van der Waals surface area contributed by atoms with Crippen LogP contribution in [0.15, 0.2) is 54.6 Å². The molecule has 4 nitrogen and oxygen atoms in total. The molecule has 0 aliphatic heterocycles. The predicted octanol–water partition coefficient (Wildman–Crippen LogP) is 3.92. The summed E-state index contributed by atoms with van der Waals surface area (Å²) in [4.78, 5) is 11.4. The van der Waals surface area contributed by atoms with Gasteiger partial charge in [-0.25, -0.2) is 0 Å². The maximum atomic E-state index is 11.4. The lowest BCUT2D eigenvalue weighted by Crippen LogP contribution is -2.33. The van der Waals surface area contributed by atoms with Gasteiger partial charge in [0.05, 0.1) is 12.3 Å². The van der Waals surface area contributed by atoms with Gasteiger partial charge in [0, 0.05) is 6.42 Å². The van der Waals surface area contributed by atoms with Crippen LogP contribution in [0.25, 0.3) is 0 Å². The SMILES string of the molecule is CCC(=O)NC(=S)Nc1ccccc1OCCCc1ccccc1. The number of carbonyl (C=O) groups excluding carboxylic acids is 1. The molecule has 0 heterocycles. The lowest BCUT2D eigenvalue weighted by molar-refractivity contribution is -0.119. The fourth-order valence-corrected chi connectivity index (χ4v) is 2.39. The fourth-order valence-electron chi connectivity index (χ4n) is 2.17. The van der Waals surface area contributed by atoms with Gasteiger partial charge < -0.3 is 15.4 Å². The number of para-hydroxylation sites is 2. The molecule has 0 radical (unpaired) electrons. The van der Waals surface area contributed by atoms with Gasteiger partial charge in [0.1, 0.15) is 5.75 Å².